The fraction of sp³-hybridized carbons (Fsp3) is 0.562. The van der Waals surface area contributed by atoms with Crippen molar-refractivity contribution < 1.29 is 23.0 Å². The molecule has 1 aliphatic rings. The third-order valence-corrected chi connectivity index (χ3v) is 3.66. The summed E-state index contributed by atoms with van der Waals surface area (Å²) in [6.45, 7) is 5.57. The fourth-order valence-corrected chi connectivity index (χ4v) is 2.35. The zero-order chi connectivity index (χ0) is 16.8. The van der Waals surface area contributed by atoms with Crippen LogP contribution in [0.5, 0.6) is 5.75 Å². The molecule has 1 atom stereocenters. The number of ether oxygens (including phenoxy) is 2. The molecule has 2 rings (SSSR count). The zero-order valence-electron chi connectivity index (χ0n) is 13.4. The molecule has 1 amide bonds. The molecule has 0 spiro atoms. The maximum atomic E-state index is 14.0. The number of hydrogen-bond acceptors (Lipinski definition) is 4. The number of piperazine rings is 1. The van der Waals surface area contributed by atoms with Gasteiger partial charge in [-0.25, -0.2) is 13.6 Å². The normalized spacial score (nSPS) is 17.9. The average molecular weight is 328 g/mol. The average Bonchev–Trinajstić information content (AvgIpc) is 2.52. The van der Waals surface area contributed by atoms with Gasteiger partial charge in [0.05, 0.1) is 12.2 Å². The van der Waals surface area contributed by atoms with Crippen molar-refractivity contribution in [2.45, 2.75) is 32.9 Å². The standard InChI is InChI=1S/C16H22F2N2O3/c1-3-6-22-12-7-14(17)13(15(18)8-12)10-23-16(21)20-5-4-19-9-11(20)2/h7-8,11,19H,3-6,9-10H2,1-2H3. The molecule has 23 heavy (non-hydrogen) atoms. The lowest BCUT2D eigenvalue weighted by atomic mass is 10.2. The van der Waals surface area contributed by atoms with Crippen LogP contribution in [0.4, 0.5) is 13.6 Å². The van der Waals surface area contributed by atoms with Crippen molar-refractivity contribution in [3.8, 4) is 5.75 Å². The maximum absolute atomic E-state index is 14.0. The second kappa shape index (κ2) is 8.10. The number of carbonyl (C=O) groups is 1. The number of carbonyl (C=O) groups excluding carboxylic acids is 1. The van der Waals surface area contributed by atoms with Crippen molar-refractivity contribution >= 4 is 6.09 Å². The Hall–Kier alpha value is -1.89. The van der Waals surface area contributed by atoms with Gasteiger partial charge in [-0.15, -0.1) is 0 Å². The molecule has 1 aliphatic heterocycles. The molecule has 0 saturated carbocycles. The van der Waals surface area contributed by atoms with Gasteiger partial charge in [-0.2, -0.15) is 0 Å². The van der Waals surface area contributed by atoms with Crippen molar-refractivity contribution in [1.29, 1.82) is 0 Å². The lowest BCUT2D eigenvalue weighted by molar-refractivity contribution is 0.0744. The molecule has 128 valence electrons. The maximum Gasteiger partial charge on any atom is 0.410 e. The highest BCUT2D eigenvalue weighted by atomic mass is 19.1. The van der Waals surface area contributed by atoms with Gasteiger partial charge in [-0.1, -0.05) is 6.92 Å². The summed E-state index contributed by atoms with van der Waals surface area (Å²) < 4.78 is 38.2. The minimum atomic E-state index is -0.780. The molecule has 1 heterocycles. The molecule has 5 nitrogen and oxygen atoms in total. The first-order valence-electron chi connectivity index (χ1n) is 7.77. The number of nitrogens with one attached hydrogen (secondary N) is 1. The first-order valence-corrected chi connectivity index (χ1v) is 7.77. The van der Waals surface area contributed by atoms with E-state index in [-0.39, 0.29) is 17.4 Å². The molecule has 0 radical (unpaired) electrons. The summed E-state index contributed by atoms with van der Waals surface area (Å²) >= 11 is 0. The second-order valence-electron chi connectivity index (χ2n) is 5.52. The Balaban J connectivity index is 1.98. The van der Waals surface area contributed by atoms with Crippen molar-refractivity contribution in [3.63, 3.8) is 0 Å². The third kappa shape index (κ3) is 4.54. The van der Waals surface area contributed by atoms with E-state index < -0.39 is 24.3 Å². The second-order valence-corrected chi connectivity index (χ2v) is 5.52. The Labute approximate surface area is 134 Å². The van der Waals surface area contributed by atoms with Gasteiger partial charge in [-0.3, -0.25) is 0 Å². The van der Waals surface area contributed by atoms with E-state index in [4.69, 9.17) is 9.47 Å². The molecule has 1 unspecified atom stereocenters. The Morgan fingerprint density at radius 3 is 2.70 bits per heavy atom. The number of benzene rings is 1. The van der Waals surface area contributed by atoms with Crippen LogP contribution in [0.1, 0.15) is 25.8 Å². The van der Waals surface area contributed by atoms with E-state index in [2.05, 4.69) is 5.32 Å². The van der Waals surface area contributed by atoms with Crippen molar-refractivity contribution in [3.05, 3.63) is 29.3 Å². The first kappa shape index (κ1) is 17.5. The predicted molar refractivity (Wildman–Crippen MR) is 81.4 cm³/mol. The van der Waals surface area contributed by atoms with Crippen LogP contribution in [-0.2, 0) is 11.3 Å². The monoisotopic (exact) mass is 328 g/mol. The van der Waals surface area contributed by atoms with Crippen LogP contribution in [0.15, 0.2) is 12.1 Å². The van der Waals surface area contributed by atoms with Crippen molar-refractivity contribution in [2.75, 3.05) is 26.2 Å². The largest absolute Gasteiger partial charge is 0.493 e. The Morgan fingerprint density at radius 1 is 1.39 bits per heavy atom. The summed E-state index contributed by atoms with van der Waals surface area (Å²) in [7, 11) is 0. The molecule has 1 saturated heterocycles. The number of nitrogens with zero attached hydrogens (tertiary/aromatic N) is 1. The molecule has 1 fully saturated rings. The first-order chi connectivity index (χ1) is 11.0. The molecule has 1 aromatic rings. The van der Waals surface area contributed by atoms with E-state index >= 15 is 0 Å². The quantitative estimate of drug-likeness (QED) is 0.903. The molecule has 0 aliphatic carbocycles. The summed E-state index contributed by atoms with van der Waals surface area (Å²) in [5.74, 6) is -1.43. The van der Waals surface area contributed by atoms with E-state index in [0.29, 0.717) is 26.2 Å². The van der Waals surface area contributed by atoms with Crippen molar-refractivity contribution in [1.82, 2.24) is 10.2 Å². The van der Waals surface area contributed by atoms with E-state index in [1.165, 1.54) is 0 Å². The van der Waals surface area contributed by atoms with Gasteiger partial charge in [0, 0.05) is 37.8 Å². The van der Waals surface area contributed by atoms with Crippen LogP contribution in [0.25, 0.3) is 0 Å². The highest BCUT2D eigenvalue weighted by molar-refractivity contribution is 5.68. The summed E-state index contributed by atoms with van der Waals surface area (Å²) in [6.07, 6.45) is 0.176. The molecule has 0 aromatic heterocycles. The fourth-order valence-electron chi connectivity index (χ4n) is 2.35. The van der Waals surface area contributed by atoms with Gasteiger partial charge in [0.2, 0.25) is 0 Å². The van der Waals surface area contributed by atoms with Crippen LogP contribution in [0, 0.1) is 11.6 Å². The topological polar surface area (TPSA) is 50.8 Å². The van der Waals surface area contributed by atoms with Gasteiger partial charge >= 0.3 is 6.09 Å². The number of amides is 1. The van der Waals surface area contributed by atoms with E-state index in [1.54, 1.807) is 4.90 Å². The molecular formula is C16H22F2N2O3. The SMILES string of the molecule is CCCOc1cc(F)c(COC(=O)N2CCNCC2C)c(F)c1. The summed E-state index contributed by atoms with van der Waals surface area (Å²) in [6, 6.07) is 2.20. The van der Waals surface area contributed by atoms with E-state index in [9.17, 15) is 13.6 Å². The van der Waals surface area contributed by atoms with Crippen molar-refractivity contribution in [2.24, 2.45) is 0 Å². The van der Waals surface area contributed by atoms with Crippen LogP contribution < -0.4 is 10.1 Å². The summed E-state index contributed by atoms with van der Waals surface area (Å²) in [4.78, 5) is 13.6. The molecule has 1 aromatic carbocycles. The van der Waals surface area contributed by atoms with Crippen LogP contribution in [0.2, 0.25) is 0 Å². The highest BCUT2D eigenvalue weighted by Gasteiger charge is 2.25. The van der Waals surface area contributed by atoms with Gasteiger partial charge < -0.3 is 19.7 Å². The zero-order valence-corrected chi connectivity index (χ0v) is 13.4. The Kier molecular flexibility index (Phi) is 6.15. The third-order valence-electron chi connectivity index (χ3n) is 3.66. The van der Waals surface area contributed by atoms with E-state index in [0.717, 1.165) is 18.6 Å². The lowest BCUT2D eigenvalue weighted by Crippen LogP contribution is -2.52. The molecule has 0 bridgehead atoms. The Morgan fingerprint density at radius 2 is 2.09 bits per heavy atom. The van der Waals surface area contributed by atoms with Crippen LogP contribution in [0.3, 0.4) is 0 Å². The van der Waals surface area contributed by atoms with E-state index in [1.807, 2.05) is 13.8 Å². The van der Waals surface area contributed by atoms with Gasteiger partial charge in [0.1, 0.15) is 24.0 Å². The minimum absolute atomic E-state index is 0.0178. The Bertz CT molecular complexity index is 531. The summed E-state index contributed by atoms with van der Waals surface area (Å²) in [5.41, 5.74) is -0.273. The lowest BCUT2D eigenvalue weighted by Gasteiger charge is -2.33. The number of halogens is 2. The van der Waals surface area contributed by atoms with Crippen LogP contribution >= 0.6 is 0 Å². The highest BCUT2D eigenvalue weighted by Crippen LogP contribution is 2.22. The number of hydrogen-bond donors (Lipinski definition) is 1. The van der Waals surface area contributed by atoms with Gasteiger partial charge in [0.15, 0.2) is 0 Å². The van der Waals surface area contributed by atoms with Gasteiger partial charge in [-0.05, 0) is 13.3 Å². The van der Waals surface area contributed by atoms with Crippen LogP contribution in [-0.4, -0.2) is 43.3 Å². The molecular weight excluding hydrogens is 306 g/mol. The predicted octanol–water partition coefficient (Wildman–Crippen LogP) is 2.68. The smallest absolute Gasteiger partial charge is 0.410 e. The summed E-state index contributed by atoms with van der Waals surface area (Å²) in [5, 5.41) is 3.15. The minimum Gasteiger partial charge on any atom is -0.493 e. The molecule has 1 N–H and O–H groups in total. The van der Waals surface area contributed by atoms with Gasteiger partial charge in [0.25, 0.3) is 0 Å². The molecule has 7 heteroatoms. The number of rotatable bonds is 5.